The summed E-state index contributed by atoms with van der Waals surface area (Å²) in [7, 11) is 0. The van der Waals surface area contributed by atoms with Crippen LogP contribution in [-0.2, 0) is 4.79 Å². The Hall–Kier alpha value is -1.46. The smallest absolute Gasteiger partial charge is 0.315 e. The lowest BCUT2D eigenvalue weighted by Gasteiger charge is -2.26. The van der Waals surface area contributed by atoms with Gasteiger partial charge in [0.2, 0.25) is 5.91 Å². The van der Waals surface area contributed by atoms with Gasteiger partial charge in [-0.05, 0) is 43.9 Å². The maximum atomic E-state index is 12.0. The zero-order valence-electron chi connectivity index (χ0n) is 13.1. The summed E-state index contributed by atoms with van der Waals surface area (Å²) >= 11 is 11.8. The van der Waals surface area contributed by atoms with E-state index in [1.807, 2.05) is 6.92 Å². The number of amides is 3. The second-order valence-corrected chi connectivity index (χ2v) is 6.48. The highest BCUT2D eigenvalue weighted by atomic mass is 35.5. The van der Waals surface area contributed by atoms with Crippen LogP contribution < -0.4 is 10.6 Å². The third-order valence-corrected chi connectivity index (χ3v) is 4.64. The molecule has 0 spiro atoms. The average Bonchev–Trinajstić information content (AvgIpc) is 2.55. The fourth-order valence-corrected chi connectivity index (χ4v) is 2.83. The predicted octanol–water partition coefficient (Wildman–Crippen LogP) is 3.37. The molecule has 7 heteroatoms. The molecular formula is C16H21Cl2N3O2. The Labute approximate surface area is 146 Å². The first-order valence-electron chi connectivity index (χ1n) is 7.74. The molecule has 1 atom stereocenters. The van der Waals surface area contributed by atoms with Crippen LogP contribution in [0, 0.1) is 0 Å². The van der Waals surface area contributed by atoms with Crippen molar-refractivity contribution in [3.8, 4) is 0 Å². The maximum Gasteiger partial charge on any atom is 0.315 e. The van der Waals surface area contributed by atoms with E-state index in [0.29, 0.717) is 10.0 Å². The van der Waals surface area contributed by atoms with Crippen LogP contribution in [0.1, 0.15) is 37.8 Å². The Bertz CT molecular complexity index is 574. The predicted molar refractivity (Wildman–Crippen MR) is 91.8 cm³/mol. The van der Waals surface area contributed by atoms with Crippen LogP contribution >= 0.6 is 23.2 Å². The Balaban J connectivity index is 1.79. The molecule has 1 aromatic carbocycles. The number of likely N-dealkylation sites (tertiary alicyclic amines) is 1. The second kappa shape index (κ2) is 8.41. The van der Waals surface area contributed by atoms with E-state index < -0.39 is 0 Å². The molecule has 0 aromatic heterocycles. The molecule has 1 saturated heterocycles. The van der Waals surface area contributed by atoms with Crippen molar-refractivity contribution in [3.63, 3.8) is 0 Å². The lowest BCUT2D eigenvalue weighted by atomic mass is 10.1. The molecule has 0 radical (unpaired) electrons. The fraction of sp³-hybridized carbons (Fsp3) is 0.500. The molecule has 0 saturated carbocycles. The van der Waals surface area contributed by atoms with Crippen molar-refractivity contribution in [2.75, 3.05) is 19.6 Å². The van der Waals surface area contributed by atoms with Crippen molar-refractivity contribution in [3.05, 3.63) is 33.8 Å². The third kappa shape index (κ3) is 5.29. The van der Waals surface area contributed by atoms with Crippen LogP contribution in [-0.4, -0.2) is 36.5 Å². The summed E-state index contributed by atoms with van der Waals surface area (Å²) in [6.45, 7) is 3.41. The zero-order chi connectivity index (χ0) is 16.8. The van der Waals surface area contributed by atoms with Gasteiger partial charge >= 0.3 is 6.03 Å². The molecule has 1 aliphatic rings. The molecular weight excluding hydrogens is 337 g/mol. The van der Waals surface area contributed by atoms with E-state index in [2.05, 4.69) is 10.6 Å². The number of nitrogens with zero attached hydrogens (tertiary/aromatic N) is 1. The van der Waals surface area contributed by atoms with Crippen molar-refractivity contribution in [1.29, 1.82) is 0 Å². The Morgan fingerprint density at radius 3 is 2.52 bits per heavy atom. The molecule has 2 N–H and O–H groups in total. The summed E-state index contributed by atoms with van der Waals surface area (Å²) < 4.78 is 0. The summed E-state index contributed by atoms with van der Waals surface area (Å²) in [6.07, 6.45) is 3.23. The molecule has 1 aliphatic heterocycles. The first kappa shape index (κ1) is 17.9. The average molecular weight is 358 g/mol. The molecule has 0 bridgehead atoms. The maximum absolute atomic E-state index is 12.0. The van der Waals surface area contributed by atoms with Gasteiger partial charge in [0.25, 0.3) is 0 Å². The second-order valence-electron chi connectivity index (χ2n) is 5.66. The first-order valence-corrected chi connectivity index (χ1v) is 8.50. The van der Waals surface area contributed by atoms with Gasteiger partial charge in [-0.15, -0.1) is 0 Å². The van der Waals surface area contributed by atoms with E-state index in [9.17, 15) is 9.59 Å². The van der Waals surface area contributed by atoms with Crippen LogP contribution in [0.2, 0.25) is 10.0 Å². The molecule has 5 nitrogen and oxygen atoms in total. The van der Waals surface area contributed by atoms with E-state index in [4.69, 9.17) is 23.2 Å². The number of hydrogen-bond donors (Lipinski definition) is 2. The van der Waals surface area contributed by atoms with E-state index in [1.54, 1.807) is 23.1 Å². The van der Waals surface area contributed by atoms with Crippen LogP contribution in [0.3, 0.4) is 0 Å². The van der Waals surface area contributed by atoms with Crippen LogP contribution in [0.25, 0.3) is 0 Å². The number of piperidine rings is 1. The van der Waals surface area contributed by atoms with Crippen molar-refractivity contribution in [2.24, 2.45) is 0 Å². The number of nitrogens with one attached hydrogen (secondary N) is 2. The number of carbonyl (C=O) groups excluding carboxylic acids is 2. The molecule has 1 heterocycles. The van der Waals surface area contributed by atoms with Gasteiger partial charge in [-0.1, -0.05) is 29.3 Å². The lowest BCUT2D eigenvalue weighted by molar-refractivity contribution is -0.130. The lowest BCUT2D eigenvalue weighted by Crippen LogP contribution is -2.45. The summed E-state index contributed by atoms with van der Waals surface area (Å²) in [5.41, 5.74) is 0.844. The number of rotatable bonds is 4. The highest BCUT2D eigenvalue weighted by Crippen LogP contribution is 2.25. The molecule has 3 amide bonds. The number of carbonyl (C=O) groups is 2. The standard InChI is InChI=1S/C16H21Cl2N3O2/c1-11(12-5-6-13(17)14(18)9-12)20-16(23)19-10-15(22)21-7-3-2-4-8-21/h5-6,9,11H,2-4,7-8,10H2,1H3,(H2,19,20,23). The summed E-state index contributed by atoms with van der Waals surface area (Å²) in [5.74, 6) is -0.0398. The molecule has 1 fully saturated rings. The highest BCUT2D eigenvalue weighted by molar-refractivity contribution is 6.42. The minimum Gasteiger partial charge on any atom is -0.341 e. The monoisotopic (exact) mass is 357 g/mol. The van der Waals surface area contributed by atoms with Gasteiger partial charge in [-0.2, -0.15) is 0 Å². The molecule has 23 heavy (non-hydrogen) atoms. The molecule has 126 valence electrons. The first-order chi connectivity index (χ1) is 11.0. The highest BCUT2D eigenvalue weighted by Gasteiger charge is 2.17. The summed E-state index contributed by atoms with van der Waals surface area (Å²) in [4.78, 5) is 25.7. The number of benzene rings is 1. The third-order valence-electron chi connectivity index (χ3n) is 3.90. The van der Waals surface area contributed by atoms with Crippen molar-refractivity contribution in [1.82, 2.24) is 15.5 Å². The largest absolute Gasteiger partial charge is 0.341 e. The molecule has 0 aliphatic carbocycles. The van der Waals surface area contributed by atoms with Gasteiger partial charge in [0.1, 0.15) is 0 Å². The zero-order valence-corrected chi connectivity index (χ0v) is 14.6. The number of urea groups is 1. The normalized spacial score (nSPS) is 15.9. The van der Waals surface area contributed by atoms with Gasteiger partial charge in [0, 0.05) is 13.1 Å². The number of halogens is 2. The van der Waals surface area contributed by atoms with Gasteiger partial charge in [-0.25, -0.2) is 4.79 Å². The fourth-order valence-electron chi connectivity index (χ4n) is 2.52. The summed E-state index contributed by atoms with van der Waals surface area (Å²) in [5, 5.41) is 6.30. The van der Waals surface area contributed by atoms with Crippen LogP contribution in [0.4, 0.5) is 4.79 Å². The Morgan fingerprint density at radius 1 is 1.17 bits per heavy atom. The van der Waals surface area contributed by atoms with Crippen molar-refractivity contribution < 1.29 is 9.59 Å². The summed E-state index contributed by atoms with van der Waals surface area (Å²) in [6, 6.07) is 4.59. The van der Waals surface area contributed by atoms with E-state index in [-0.39, 0.29) is 24.5 Å². The minimum atomic E-state index is -0.381. The van der Waals surface area contributed by atoms with Gasteiger partial charge in [-0.3, -0.25) is 4.79 Å². The number of hydrogen-bond acceptors (Lipinski definition) is 2. The van der Waals surface area contributed by atoms with Gasteiger partial charge in [0.05, 0.1) is 22.6 Å². The minimum absolute atomic E-state index is 0.0138. The Kier molecular flexibility index (Phi) is 6.54. The molecule has 2 rings (SSSR count). The van der Waals surface area contributed by atoms with Crippen LogP contribution in [0.15, 0.2) is 18.2 Å². The van der Waals surface area contributed by atoms with Crippen molar-refractivity contribution >= 4 is 35.1 Å². The SMILES string of the molecule is CC(NC(=O)NCC(=O)N1CCCCC1)c1ccc(Cl)c(Cl)c1. The van der Waals surface area contributed by atoms with Crippen molar-refractivity contribution in [2.45, 2.75) is 32.2 Å². The van der Waals surface area contributed by atoms with Gasteiger partial charge in [0.15, 0.2) is 0 Å². The van der Waals surface area contributed by atoms with Gasteiger partial charge < -0.3 is 15.5 Å². The van der Waals surface area contributed by atoms with Crippen LogP contribution in [0.5, 0.6) is 0 Å². The molecule has 1 unspecified atom stereocenters. The quantitative estimate of drug-likeness (QED) is 0.867. The van der Waals surface area contributed by atoms with E-state index in [0.717, 1.165) is 31.5 Å². The Morgan fingerprint density at radius 2 is 1.87 bits per heavy atom. The topological polar surface area (TPSA) is 61.4 Å². The molecule has 1 aromatic rings. The van der Waals surface area contributed by atoms with E-state index >= 15 is 0 Å². The van der Waals surface area contributed by atoms with E-state index in [1.165, 1.54) is 6.42 Å².